The van der Waals surface area contributed by atoms with E-state index in [4.69, 9.17) is 10.5 Å². The van der Waals surface area contributed by atoms with Gasteiger partial charge in [0.2, 0.25) is 0 Å². The van der Waals surface area contributed by atoms with Crippen molar-refractivity contribution in [3.63, 3.8) is 0 Å². The minimum absolute atomic E-state index is 0.0839. The number of carbonyl (C=O) groups excluding carboxylic acids is 1. The van der Waals surface area contributed by atoms with Crippen molar-refractivity contribution >= 4 is 28.6 Å². The summed E-state index contributed by atoms with van der Waals surface area (Å²) >= 11 is 0. The number of methoxy groups -OCH3 is 1. The van der Waals surface area contributed by atoms with Crippen molar-refractivity contribution < 1.29 is 9.53 Å². The zero-order chi connectivity index (χ0) is 20.7. The molecule has 0 saturated carbocycles. The lowest BCUT2D eigenvalue weighted by atomic mass is 9.96. The second-order valence-electron chi connectivity index (χ2n) is 7.43. The third kappa shape index (κ3) is 3.12. The van der Waals surface area contributed by atoms with Gasteiger partial charge < -0.3 is 10.5 Å². The summed E-state index contributed by atoms with van der Waals surface area (Å²) in [6.07, 6.45) is 2.62. The Hall–Kier alpha value is -3.92. The van der Waals surface area contributed by atoms with Gasteiger partial charge in [-0.3, -0.25) is 4.79 Å². The van der Waals surface area contributed by atoms with Crippen LogP contribution in [0, 0.1) is 0 Å². The van der Waals surface area contributed by atoms with Crippen molar-refractivity contribution in [2.24, 2.45) is 0 Å². The minimum Gasteiger partial charge on any atom is -0.497 e. The van der Waals surface area contributed by atoms with Crippen LogP contribution in [0.4, 0.5) is 5.82 Å². The number of benzene rings is 3. The number of rotatable bonds is 3. The average Bonchev–Trinajstić information content (AvgIpc) is 3.08. The molecule has 1 aliphatic carbocycles. The van der Waals surface area contributed by atoms with Gasteiger partial charge in [-0.15, -0.1) is 0 Å². The Morgan fingerprint density at radius 2 is 1.83 bits per heavy atom. The standard InChI is InChI=1S/C26H20N2O2/c1-30-21-8-9-23-19(15-21)14-20(26(23)29)13-16-4-2-3-5-22(16)17-6-10-24-18(12-17)7-11-25(27)28-24/h2-13,15H,14H2,1H3,(H2,27,28)/b20-13-. The van der Waals surface area contributed by atoms with Crippen molar-refractivity contribution in [2.45, 2.75) is 6.42 Å². The molecule has 1 heterocycles. The first kappa shape index (κ1) is 18.1. The molecule has 0 radical (unpaired) electrons. The number of nitrogens with zero attached hydrogens (tertiary/aromatic N) is 1. The van der Waals surface area contributed by atoms with E-state index in [0.29, 0.717) is 12.2 Å². The Bertz CT molecular complexity index is 1340. The summed E-state index contributed by atoms with van der Waals surface area (Å²) in [5.41, 5.74) is 12.4. The normalized spacial score (nSPS) is 14.3. The van der Waals surface area contributed by atoms with E-state index in [1.54, 1.807) is 7.11 Å². The molecule has 1 aromatic heterocycles. The zero-order valence-electron chi connectivity index (χ0n) is 16.6. The molecule has 0 saturated heterocycles. The van der Waals surface area contributed by atoms with Gasteiger partial charge in [-0.2, -0.15) is 0 Å². The number of nitrogen functional groups attached to an aromatic ring is 1. The lowest BCUT2D eigenvalue weighted by Crippen LogP contribution is -1.96. The summed E-state index contributed by atoms with van der Waals surface area (Å²) < 4.78 is 5.30. The van der Waals surface area contributed by atoms with Gasteiger partial charge in [0.25, 0.3) is 0 Å². The molecule has 146 valence electrons. The summed E-state index contributed by atoms with van der Waals surface area (Å²) in [4.78, 5) is 17.3. The second kappa shape index (κ2) is 7.16. The Labute approximate surface area is 174 Å². The molecule has 0 amide bonds. The van der Waals surface area contributed by atoms with Gasteiger partial charge >= 0.3 is 0 Å². The summed E-state index contributed by atoms with van der Waals surface area (Å²) in [7, 11) is 1.64. The number of ether oxygens (including phenoxy) is 1. The largest absolute Gasteiger partial charge is 0.497 e. The van der Waals surface area contributed by atoms with Crippen LogP contribution in [0.1, 0.15) is 21.5 Å². The fourth-order valence-electron chi connectivity index (χ4n) is 4.02. The lowest BCUT2D eigenvalue weighted by molar-refractivity contribution is 0.104. The van der Waals surface area contributed by atoms with E-state index in [0.717, 1.165) is 50.0 Å². The highest BCUT2D eigenvalue weighted by atomic mass is 16.5. The molecule has 0 spiro atoms. The molecule has 30 heavy (non-hydrogen) atoms. The van der Waals surface area contributed by atoms with Crippen molar-refractivity contribution in [1.29, 1.82) is 0 Å². The fraction of sp³-hybridized carbons (Fsp3) is 0.0769. The lowest BCUT2D eigenvalue weighted by Gasteiger charge is -2.09. The van der Waals surface area contributed by atoms with E-state index in [-0.39, 0.29) is 5.78 Å². The van der Waals surface area contributed by atoms with Gasteiger partial charge in [0.05, 0.1) is 12.6 Å². The average molecular weight is 392 g/mol. The molecular weight excluding hydrogens is 372 g/mol. The first-order chi connectivity index (χ1) is 14.6. The van der Waals surface area contributed by atoms with Crippen LogP contribution in [0.25, 0.3) is 28.1 Å². The first-order valence-corrected chi connectivity index (χ1v) is 9.80. The number of carbonyl (C=O) groups is 1. The quantitative estimate of drug-likeness (QED) is 0.480. The van der Waals surface area contributed by atoms with Crippen LogP contribution in [0.15, 0.2) is 78.4 Å². The predicted octanol–water partition coefficient (Wildman–Crippen LogP) is 5.32. The van der Waals surface area contributed by atoms with Crippen LogP contribution in [0.2, 0.25) is 0 Å². The van der Waals surface area contributed by atoms with Crippen LogP contribution in [0.3, 0.4) is 0 Å². The smallest absolute Gasteiger partial charge is 0.189 e. The van der Waals surface area contributed by atoms with E-state index in [1.807, 2.05) is 66.7 Å². The summed E-state index contributed by atoms with van der Waals surface area (Å²) in [6.45, 7) is 0. The van der Waals surface area contributed by atoms with Crippen LogP contribution in [0.5, 0.6) is 5.75 Å². The van der Waals surface area contributed by atoms with Crippen LogP contribution in [-0.4, -0.2) is 17.9 Å². The van der Waals surface area contributed by atoms with E-state index in [9.17, 15) is 4.79 Å². The summed E-state index contributed by atoms with van der Waals surface area (Å²) in [5.74, 6) is 1.37. The van der Waals surface area contributed by atoms with Crippen molar-refractivity contribution in [1.82, 2.24) is 4.98 Å². The van der Waals surface area contributed by atoms with E-state index >= 15 is 0 Å². The maximum Gasteiger partial charge on any atom is 0.189 e. The highest BCUT2D eigenvalue weighted by Gasteiger charge is 2.25. The fourth-order valence-corrected chi connectivity index (χ4v) is 4.02. The minimum atomic E-state index is 0.0839. The number of hydrogen-bond acceptors (Lipinski definition) is 4. The Morgan fingerprint density at radius 1 is 0.967 bits per heavy atom. The Morgan fingerprint density at radius 3 is 2.70 bits per heavy atom. The molecule has 4 nitrogen and oxygen atoms in total. The third-order valence-corrected chi connectivity index (χ3v) is 5.54. The van der Waals surface area contributed by atoms with Crippen LogP contribution >= 0.6 is 0 Å². The number of fused-ring (bicyclic) bond motifs is 2. The second-order valence-corrected chi connectivity index (χ2v) is 7.43. The third-order valence-electron chi connectivity index (χ3n) is 5.54. The molecule has 1 aliphatic rings. The Kier molecular flexibility index (Phi) is 4.32. The molecule has 2 N–H and O–H groups in total. The van der Waals surface area contributed by atoms with Crippen molar-refractivity contribution in [2.75, 3.05) is 12.8 Å². The molecule has 0 bridgehead atoms. The molecule has 0 aliphatic heterocycles. The van der Waals surface area contributed by atoms with Crippen LogP contribution in [-0.2, 0) is 6.42 Å². The molecule has 0 unspecified atom stereocenters. The maximum absolute atomic E-state index is 12.9. The van der Waals surface area contributed by atoms with E-state index in [2.05, 4.69) is 17.1 Å². The van der Waals surface area contributed by atoms with Gasteiger partial charge in [-0.05, 0) is 70.8 Å². The number of aromatic nitrogens is 1. The SMILES string of the molecule is COc1ccc2c(c1)C/C(=C/c1ccccc1-c1ccc3nc(N)ccc3c1)C2=O. The van der Waals surface area contributed by atoms with Gasteiger partial charge in [-0.1, -0.05) is 30.3 Å². The predicted molar refractivity (Wildman–Crippen MR) is 121 cm³/mol. The highest BCUT2D eigenvalue weighted by Crippen LogP contribution is 2.33. The van der Waals surface area contributed by atoms with Crippen molar-refractivity contribution in [3.8, 4) is 16.9 Å². The summed E-state index contributed by atoms with van der Waals surface area (Å²) in [5, 5.41) is 1.03. The Balaban J connectivity index is 1.56. The highest BCUT2D eigenvalue weighted by molar-refractivity contribution is 6.16. The summed E-state index contributed by atoms with van der Waals surface area (Å²) in [6, 6.07) is 23.7. The molecule has 0 fully saturated rings. The van der Waals surface area contributed by atoms with Gasteiger partial charge in [-0.25, -0.2) is 4.98 Å². The number of Topliss-reactive ketones (excluding diaryl/α,β-unsaturated/α-hetero) is 1. The number of nitrogens with two attached hydrogens (primary N) is 1. The zero-order valence-corrected chi connectivity index (χ0v) is 16.6. The topological polar surface area (TPSA) is 65.2 Å². The number of anilines is 1. The van der Waals surface area contributed by atoms with E-state index in [1.165, 1.54) is 0 Å². The van der Waals surface area contributed by atoms with Gasteiger partial charge in [0, 0.05) is 22.9 Å². The number of hydrogen-bond donors (Lipinski definition) is 1. The molecule has 3 aromatic carbocycles. The number of allylic oxidation sites excluding steroid dienone is 1. The molecule has 0 atom stereocenters. The van der Waals surface area contributed by atoms with E-state index < -0.39 is 0 Å². The van der Waals surface area contributed by atoms with Gasteiger partial charge in [0.15, 0.2) is 5.78 Å². The molecule has 4 heteroatoms. The first-order valence-electron chi connectivity index (χ1n) is 9.80. The van der Waals surface area contributed by atoms with Crippen molar-refractivity contribution in [3.05, 3.63) is 95.1 Å². The van der Waals surface area contributed by atoms with Gasteiger partial charge in [0.1, 0.15) is 11.6 Å². The number of ketones is 1. The number of pyridine rings is 1. The molecule has 5 rings (SSSR count). The maximum atomic E-state index is 12.9. The monoisotopic (exact) mass is 392 g/mol. The molecular formula is C26H20N2O2. The molecule has 4 aromatic rings. The van der Waals surface area contributed by atoms with Crippen LogP contribution < -0.4 is 10.5 Å².